The molecule has 8 rings (SSSR count). The molecule has 0 saturated carbocycles. The number of para-hydroxylation sites is 1. The molecule has 1 aliphatic rings. The van der Waals surface area contributed by atoms with Gasteiger partial charge in [0.1, 0.15) is 30.7 Å². The zero-order valence-corrected chi connectivity index (χ0v) is 38.7. The smallest absolute Gasteiger partial charge is 0.250 e. The van der Waals surface area contributed by atoms with Crippen LogP contribution in [0.25, 0.3) is 0 Å². The van der Waals surface area contributed by atoms with Crippen molar-refractivity contribution in [2.45, 2.75) is 49.5 Å². The van der Waals surface area contributed by atoms with Gasteiger partial charge < -0.3 is 41.0 Å². The number of anilines is 3. The predicted molar refractivity (Wildman–Crippen MR) is 265 cm³/mol. The standard InChI is InChI=1S/C56H54F2N6O7/c57-40-21-19-37(20-22-40)48(65)28-27-45-53(64(56(45)69)42-25-23-41(58)24-26-42)38-17-15-36(16-18-38)33-62-49(66)34-70-31-32-71-35-50(67)63-46-13-5-4-11-43(46)51(44-12-8-30-61-55(44)59)52(47-14-6-7-29-60-47)54(68)39-9-2-1-3-10-39/h1-26,29-30,45,48,51-54,65,68H,27-28,31-35H2,(H2,59,61)(H,62,66)(H,63,67). The van der Waals surface area contributed by atoms with E-state index in [4.69, 9.17) is 15.2 Å². The number of aromatic nitrogens is 2. The van der Waals surface area contributed by atoms with Gasteiger partial charge in [0.15, 0.2) is 0 Å². The van der Waals surface area contributed by atoms with Crippen LogP contribution in [-0.2, 0) is 30.4 Å². The van der Waals surface area contributed by atoms with Crippen LogP contribution >= 0.6 is 0 Å². The van der Waals surface area contributed by atoms with Gasteiger partial charge in [0.25, 0.3) is 0 Å². The number of rotatable bonds is 22. The lowest BCUT2D eigenvalue weighted by atomic mass is 9.74. The Labute approximate surface area is 410 Å². The molecular formula is C56H54F2N6O7. The van der Waals surface area contributed by atoms with E-state index in [9.17, 15) is 33.4 Å². The molecule has 13 nitrogen and oxygen atoms in total. The van der Waals surface area contributed by atoms with E-state index in [0.29, 0.717) is 45.7 Å². The van der Waals surface area contributed by atoms with Crippen molar-refractivity contribution < 1.29 is 42.9 Å². The van der Waals surface area contributed by atoms with Crippen LogP contribution in [0.2, 0.25) is 0 Å². The monoisotopic (exact) mass is 960 g/mol. The van der Waals surface area contributed by atoms with Crippen LogP contribution in [0.1, 0.15) is 82.0 Å². The second-order valence-electron chi connectivity index (χ2n) is 17.2. The van der Waals surface area contributed by atoms with Crippen LogP contribution < -0.4 is 21.3 Å². The Balaban J connectivity index is 0.826. The average Bonchev–Trinajstić information content (AvgIpc) is 3.39. The van der Waals surface area contributed by atoms with Gasteiger partial charge in [-0.3, -0.25) is 19.4 Å². The number of nitrogen functional groups attached to an aromatic ring is 1. The van der Waals surface area contributed by atoms with Gasteiger partial charge in [-0.15, -0.1) is 0 Å². The van der Waals surface area contributed by atoms with Crippen molar-refractivity contribution in [2.75, 3.05) is 42.4 Å². The molecule has 7 aromatic rings. The summed E-state index contributed by atoms with van der Waals surface area (Å²) in [5.74, 6) is -3.21. The number of hydrogen-bond donors (Lipinski definition) is 5. The Morgan fingerprint density at radius 3 is 2.01 bits per heavy atom. The Morgan fingerprint density at radius 2 is 1.32 bits per heavy atom. The molecule has 1 fully saturated rings. The van der Waals surface area contributed by atoms with Gasteiger partial charge in [-0.25, -0.2) is 13.8 Å². The molecule has 71 heavy (non-hydrogen) atoms. The summed E-state index contributed by atoms with van der Waals surface area (Å²) < 4.78 is 38.4. The highest BCUT2D eigenvalue weighted by molar-refractivity contribution is 6.03. The molecule has 5 aromatic carbocycles. The first-order valence-corrected chi connectivity index (χ1v) is 23.3. The molecule has 3 heterocycles. The number of ether oxygens (including phenoxy) is 2. The molecule has 0 bridgehead atoms. The largest absolute Gasteiger partial charge is 0.388 e. The summed E-state index contributed by atoms with van der Waals surface area (Å²) in [5.41, 5.74) is 12.4. The summed E-state index contributed by atoms with van der Waals surface area (Å²) >= 11 is 0. The third-order valence-corrected chi connectivity index (χ3v) is 12.6. The number of hydrogen-bond acceptors (Lipinski definition) is 10. The number of nitrogens with two attached hydrogens (primary N) is 1. The summed E-state index contributed by atoms with van der Waals surface area (Å²) in [6.07, 6.45) is 2.01. The number of nitrogens with zero attached hydrogens (tertiary/aromatic N) is 3. The first kappa shape index (κ1) is 49.7. The third kappa shape index (κ3) is 12.4. The minimum atomic E-state index is -1.02. The number of halogens is 2. The lowest BCUT2D eigenvalue weighted by molar-refractivity contribution is -0.131. The average molecular weight is 961 g/mol. The SMILES string of the molecule is Nc1ncccc1C(c1ccccc1NC(=O)COCCOCC(=O)NCc1ccc(C2C(CCC(O)c3ccc(F)cc3)C(=O)N2c2ccc(F)cc2)cc1)C(c1ccccn1)C(O)c1ccccc1. The molecule has 6 N–H and O–H groups in total. The van der Waals surface area contributed by atoms with Gasteiger partial charge >= 0.3 is 0 Å². The summed E-state index contributed by atoms with van der Waals surface area (Å²) in [6, 6.07) is 44.2. The van der Waals surface area contributed by atoms with Gasteiger partial charge in [0, 0.05) is 53.4 Å². The van der Waals surface area contributed by atoms with E-state index in [0.717, 1.165) is 11.1 Å². The van der Waals surface area contributed by atoms with Crippen molar-refractivity contribution in [1.29, 1.82) is 0 Å². The lowest BCUT2D eigenvalue weighted by Crippen LogP contribution is -2.55. The van der Waals surface area contributed by atoms with Crippen molar-refractivity contribution >= 4 is 34.9 Å². The summed E-state index contributed by atoms with van der Waals surface area (Å²) in [7, 11) is 0. The first-order valence-electron chi connectivity index (χ1n) is 23.3. The van der Waals surface area contributed by atoms with Crippen LogP contribution in [0, 0.1) is 17.6 Å². The minimum absolute atomic E-state index is 0.0362. The molecule has 6 unspecified atom stereocenters. The lowest BCUT2D eigenvalue weighted by Gasteiger charge is -2.48. The minimum Gasteiger partial charge on any atom is -0.388 e. The second-order valence-corrected chi connectivity index (χ2v) is 17.2. The number of amides is 3. The summed E-state index contributed by atoms with van der Waals surface area (Å²) in [4.78, 5) is 50.3. The van der Waals surface area contributed by atoms with Crippen molar-refractivity contribution in [3.63, 3.8) is 0 Å². The predicted octanol–water partition coefficient (Wildman–Crippen LogP) is 8.49. The Bertz CT molecular complexity index is 2860. The highest BCUT2D eigenvalue weighted by atomic mass is 19.1. The van der Waals surface area contributed by atoms with Gasteiger partial charge in [-0.1, -0.05) is 97.1 Å². The normalized spacial score (nSPS) is 16.1. The maximum absolute atomic E-state index is 13.8. The molecule has 15 heteroatoms. The van der Waals surface area contributed by atoms with E-state index in [1.54, 1.807) is 53.7 Å². The van der Waals surface area contributed by atoms with Gasteiger partial charge in [0.05, 0.1) is 37.4 Å². The molecule has 364 valence electrons. The molecule has 3 amide bonds. The highest BCUT2D eigenvalue weighted by Gasteiger charge is 2.48. The summed E-state index contributed by atoms with van der Waals surface area (Å²) in [5, 5.41) is 28.7. The van der Waals surface area contributed by atoms with E-state index < -0.39 is 47.5 Å². The summed E-state index contributed by atoms with van der Waals surface area (Å²) in [6.45, 7) is -0.250. The van der Waals surface area contributed by atoms with E-state index in [1.807, 2.05) is 84.9 Å². The van der Waals surface area contributed by atoms with Crippen molar-refractivity contribution in [3.05, 3.63) is 221 Å². The first-order chi connectivity index (χ1) is 34.5. The van der Waals surface area contributed by atoms with Crippen LogP contribution in [-0.4, -0.2) is 64.3 Å². The Kier molecular flexibility index (Phi) is 16.6. The van der Waals surface area contributed by atoms with Gasteiger partial charge in [-0.05, 0) is 101 Å². The molecule has 1 saturated heterocycles. The van der Waals surface area contributed by atoms with Crippen molar-refractivity contribution in [3.8, 4) is 0 Å². The molecule has 0 spiro atoms. The number of β-lactam (4-membered cyclic amide) rings is 1. The van der Waals surface area contributed by atoms with Gasteiger partial charge in [-0.2, -0.15) is 0 Å². The van der Waals surface area contributed by atoms with Crippen molar-refractivity contribution in [2.24, 2.45) is 5.92 Å². The zero-order valence-electron chi connectivity index (χ0n) is 38.7. The highest BCUT2D eigenvalue weighted by Crippen LogP contribution is 2.49. The number of aliphatic hydroxyl groups excluding tert-OH is 2. The maximum Gasteiger partial charge on any atom is 0.250 e. The topological polar surface area (TPSA) is 189 Å². The molecule has 0 radical (unpaired) electrons. The fourth-order valence-corrected chi connectivity index (χ4v) is 9.08. The van der Waals surface area contributed by atoms with Crippen molar-refractivity contribution in [1.82, 2.24) is 15.3 Å². The molecule has 6 atom stereocenters. The number of nitrogens with one attached hydrogen (secondary N) is 2. The molecular weight excluding hydrogens is 907 g/mol. The second kappa shape index (κ2) is 23.7. The van der Waals surface area contributed by atoms with Crippen LogP contribution in [0.15, 0.2) is 170 Å². The number of benzene rings is 5. The Morgan fingerprint density at radius 1 is 0.690 bits per heavy atom. The van der Waals surface area contributed by atoms with Crippen LogP contribution in [0.4, 0.5) is 26.0 Å². The van der Waals surface area contributed by atoms with E-state index in [2.05, 4.69) is 20.6 Å². The van der Waals surface area contributed by atoms with E-state index >= 15 is 0 Å². The van der Waals surface area contributed by atoms with Crippen LogP contribution in [0.3, 0.4) is 0 Å². The number of carbonyl (C=O) groups is 3. The fourth-order valence-electron chi connectivity index (χ4n) is 9.08. The maximum atomic E-state index is 13.8. The fraction of sp³-hybridized carbons (Fsp3) is 0.232. The molecule has 2 aromatic heterocycles. The molecule has 1 aliphatic heterocycles. The third-order valence-electron chi connectivity index (χ3n) is 12.6. The van der Waals surface area contributed by atoms with Gasteiger partial charge in [0.2, 0.25) is 17.7 Å². The van der Waals surface area contributed by atoms with Crippen LogP contribution in [0.5, 0.6) is 0 Å². The quantitative estimate of drug-likeness (QED) is 0.0326. The number of carbonyl (C=O) groups excluding carboxylic acids is 3. The molecule has 0 aliphatic carbocycles. The number of pyridine rings is 2. The van der Waals surface area contributed by atoms with E-state index in [1.165, 1.54) is 36.4 Å². The van der Waals surface area contributed by atoms with E-state index in [-0.39, 0.29) is 63.1 Å². The zero-order chi connectivity index (χ0) is 49.7. The Hall–Kier alpha value is -7.69. The number of aliphatic hydroxyl groups is 2.